The molecular formula is C22H28N4O4S2. The topological polar surface area (TPSA) is 85.8 Å². The fraction of sp³-hybridized carbons (Fsp3) is 0.591. The lowest BCUT2D eigenvalue weighted by molar-refractivity contribution is -0.129. The van der Waals surface area contributed by atoms with Crippen LogP contribution in [-0.4, -0.2) is 65.8 Å². The third-order valence-electron chi connectivity index (χ3n) is 5.96. The molecule has 32 heavy (non-hydrogen) atoms. The minimum atomic E-state index is 0.0818. The summed E-state index contributed by atoms with van der Waals surface area (Å²) >= 11 is 2.94. The molecule has 172 valence electrons. The molecule has 2 saturated heterocycles. The van der Waals surface area contributed by atoms with Crippen LogP contribution in [0.1, 0.15) is 43.7 Å². The van der Waals surface area contributed by atoms with Crippen LogP contribution in [0.5, 0.6) is 11.5 Å². The molecule has 2 aromatic rings. The molecule has 10 heteroatoms. The number of anilines is 1. The summed E-state index contributed by atoms with van der Waals surface area (Å²) in [7, 11) is 0. The summed E-state index contributed by atoms with van der Waals surface area (Å²) in [5.74, 6) is 2.07. The van der Waals surface area contributed by atoms with Crippen LogP contribution in [0.25, 0.3) is 0 Å². The van der Waals surface area contributed by atoms with Crippen molar-refractivity contribution in [3.05, 3.63) is 23.8 Å². The Kier molecular flexibility index (Phi) is 6.99. The van der Waals surface area contributed by atoms with Crippen molar-refractivity contribution in [3.63, 3.8) is 0 Å². The van der Waals surface area contributed by atoms with Crippen molar-refractivity contribution in [2.24, 2.45) is 0 Å². The van der Waals surface area contributed by atoms with E-state index in [0.717, 1.165) is 78.3 Å². The van der Waals surface area contributed by atoms with E-state index >= 15 is 0 Å². The maximum Gasteiger partial charge on any atom is 0.233 e. The molecule has 0 aliphatic carbocycles. The highest BCUT2D eigenvalue weighted by Gasteiger charge is 2.31. The van der Waals surface area contributed by atoms with E-state index in [9.17, 15) is 4.79 Å². The van der Waals surface area contributed by atoms with E-state index in [2.05, 4.69) is 21.6 Å². The van der Waals surface area contributed by atoms with E-state index in [0.29, 0.717) is 19.0 Å². The number of thioether (sulfide) groups is 1. The summed E-state index contributed by atoms with van der Waals surface area (Å²) in [6.45, 7) is 3.71. The average molecular weight is 477 g/mol. The maximum absolute atomic E-state index is 13.0. The minimum Gasteiger partial charge on any atom is -0.490 e. The van der Waals surface area contributed by atoms with Gasteiger partial charge in [0.25, 0.3) is 0 Å². The third-order valence-corrected chi connectivity index (χ3v) is 7.96. The lowest BCUT2D eigenvalue weighted by atomic mass is 10.0. The van der Waals surface area contributed by atoms with E-state index in [1.807, 2.05) is 17.0 Å². The standard InChI is InChI=1S/C22H28N4O4S2/c27-20(14-31-22-25-24-21(32-22)23-13-16-4-2-9-28-16)26-8-1-5-17(26)15-6-7-18-19(12-15)30-11-3-10-29-18/h6-7,12,16-17H,1-5,8-11,13-14H2,(H,23,24)/t16-,17+/m1/s1. The second kappa shape index (κ2) is 10.3. The zero-order chi connectivity index (χ0) is 21.8. The number of fused-ring (bicyclic) bond motifs is 1. The van der Waals surface area contributed by atoms with Gasteiger partial charge in [-0.05, 0) is 43.4 Å². The summed E-state index contributed by atoms with van der Waals surface area (Å²) in [4.78, 5) is 15.0. The average Bonchev–Trinajstić information content (AvgIpc) is 3.56. The van der Waals surface area contributed by atoms with E-state index < -0.39 is 0 Å². The Morgan fingerprint density at radius 1 is 1.12 bits per heavy atom. The van der Waals surface area contributed by atoms with Crippen LogP contribution in [0, 0.1) is 0 Å². The number of hydrogen-bond donors (Lipinski definition) is 1. The van der Waals surface area contributed by atoms with Crippen molar-refractivity contribution in [2.75, 3.05) is 44.0 Å². The summed E-state index contributed by atoms with van der Waals surface area (Å²) < 4.78 is 18.0. The third kappa shape index (κ3) is 5.13. The molecule has 1 N–H and O–H groups in total. The van der Waals surface area contributed by atoms with Gasteiger partial charge in [-0.15, -0.1) is 10.2 Å². The summed E-state index contributed by atoms with van der Waals surface area (Å²) in [6, 6.07) is 6.16. The van der Waals surface area contributed by atoms with Gasteiger partial charge in [-0.2, -0.15) is 0 Å². The summed E-state index contributed by atoms with van der Waals surface area (Å²) in [5, 5.41) is 12.5. The van der Waals surface area contributed by atoms with Crippen molar-refractivity contribution in [1.29, 1.82) is 0 Å². The van der Waals surface area contributed by atoms with Crippen molar-refractivity contribution in [3.8, 4) is 11.5 Å². The predicted octanol–water partition coefficient (Wildman–Crippen LogP) is 3.75. The van der Waals surface area contributed by atoms with E-state index in [1.54, 1.807) is 0 Å². The van der Waals surface area contributed by atoms with Gasteiger partial charge < -0.3 is 24.4 Å². The van der Waals surface area contributed by atoms with Crippen molar-refractivity contribution in [2.45, 2.75) is 48.6 Å². The van der Waals surface area contributed by atoms with Crippen LogP contribution in [0.15, 0.2) is 22.5 Å². The Morgan fingerprint density at radius 2 is 2.03 bits per heavy atom. The van der Waals surface area contributed by atoms with Gasteiger partial charge in [0, 0.05) is 26.1 Å². The van der Waals surface area contributed by atoms with Crippen molar-refractivity contribution >= 4 is 34.1 Å². The molecule has 0 saturated carbocycles. The molecule has 8 nitrogen and oxygen atoms in total. The molecule has 1 aromatic carbocycles. The van der Waals surface area contributed by atoms with Gasteiger partial charge >= 0.3 is 0 Å². The number of nitrogens with one attached hydrogen (secondary N) is 1. The second-order valence-corrected chi connectivity index (χ2v) is 10.4. The number of benzene rings is 1. The van der Waals surface area contributed by atoms with E-state index in [4.69, 9.17) is 14.2 Å². The van der Waals surface area contributed by atoms with Crippen LogP contribution in [-0.2, 0) is 9.53 Å². The summed E-state index contributed by atoms with van der Waals surface area (Å²) in [6.07, 6.45) is 5.32. The first-order valence-electron chi connectivity index (χ1n) is 11.3. The highest BCUT2D eigenvalue weighted by Crippen LogP contribution is 2.38. The van der Waals surface area contributed by atoms with Gasteiger partial charge in [0.1, 0.15) is 0 Å². The normalized spacial score (nSPS) is 22.7. The molecule has 5 rings (SSSR count). The Hall–Kier alpha value is -2.04. The quantitative estimate of drug-likeness (QED) is 0.605. The van der Waals surface area contributed by atoms with Crippen LogP contribution < -0.4 is 14.8 Å². The molecule has 0 radical (unpaired) electrons. The predicted molar refractivity (Wildman–Crippen MR) is 124 cm³/mol. The molecule has 4 heterocycles. The van der Waals surface area contributed by atoms with Gasteiger partial charge in [0.15, 0.2) is 15.8 Å². The molecule has 0 unspecified atom stereocenters. The smallest absolute Gasteiger partial charge is 0.233 e. The van der Waals surface area contributed by atoms with Gasteiger partial charge in [-0.1, -0.05) is 29.2 Å². The zero-order valence-corrected chi connectivity index (χ0v) is 19.6. The molecule has 0 spiro atoms. The first kappa shape index (κ1) is 21.8. The molecular weight excluding hydrogens is 448 g/mol. The number of aromatic nitrogens is 2. The Balaban J connectivity index is 1.16. The zero-order valence-electron chi connectivity index (χ0n) is 18.0. The van der Waals surface area contributed by atoms with Gasteiger partial charge in [0.05, 0.1) is 31.1 Å². The highest BCUT2D eigenvalue weighted by atomic mass is 32.2. The lowest BCUT2D eigenvalue weighted by Gasteiger charge is -2.25. The number of carbonyl (C=O) groups is 1. The maximum atomic E-state index is 13.0. The van der Waals surface area contributed by atoms with Crippen molar-refractivity contribution in [1.82, 2.24) is 15.1 Å². The van der Waals surface area contributed by atoms with Crippen LogP contribution in [0.2, 0.25) is 0 Å². The molecule has 3 aliphatic rings. The van der Waals surface area contributed by atoms with Crippen LogP contribution in [0.4, 0.5) is 5.13 Å². The number of carbonyl (C=O) groups excluding carboxylic acids is 1. The fourth-order valence-corrected chi connectivity index (χ4v) is 6.00. The first-order valence-corrected chi connectivity index (χ1v) is 13.1. The first-order chi connectivity index (χ1) is 15.8. The number of nitrogens with zero attached hydrogens (tertiary/aromatic N) is 3. The number of hydrogen-bond acceptors (Lipinski definition) is 9. The largest absolute Gasteiger partial charge is 0.490 e. The highest BCUT2D eigenvalue weighted by molar-refractivity contribution is 8.01. The van der Waals surface area contributed by atoms with Gasteiger partial charge in [0.2, 0.25) is 11.0 Å². The molecule has 0 bridgehead atoms. The van der Waals surface area contributed by atoms with Crippen LogP contribution in [0.3, 0.4) is 0 Å². The minimum absolute atomic E-state index is 0.0818. The number of likely N-dealkylation sites (tertiary alicyclic amines) is 1. The van der Waals surface area contributed by atoms with Crippen molar-refractivity contribution < 1.29 is 19.0 Å². The molecule has 1 aromatic heterocycles. The molecule has 2 fully saturated rings. The second-order valence-electron chi connectivity index (χ2n) is 8.18. The number of amides is 1. The Morgan fingerprint density at radius 3 is 2.91 bits per heavy atom. The molecule has 2 atom stereocenters. The molecule has 1 amide bonds. The lowest BCUT2D eigenvalue weighted by Crippen LogP contribution is -2.32. The van der Waals surface area contributed by atoms with E-state index in [-0.39, 0.29) is 18.1 Å². The Bertz CT molecular complexity index is 934. The van der Waals surface area contributed by atoms with Gasteiger partial charge in [-0.3, -0.25) is 4.79 Å². The summed E-state index contributed by atoms with van der Waals surface area (Å²) in [5.41, 5.74) is 1.11. The number of rotatable bonds is 7. The van der Waals surface area contributed by atoms with Gasteiger partial charge in [-0.25, -0.2) is 0 Å². The fourth-order valence-electron chi connectivity index (χ4n) is 4.35. The van der Waals surface area contributed by atoms with Crippen LogP contribution >= 0.6 is 23.1 Å². The Labute approximate surface area is 196 Å². The molecule has 3 aliphatic heterocycles. The van der Waals surface area contributed by atoms with E-state index in [1.165, 1.54) is 23.1 Å². The monoisotopic (exact) mass is 476 g/mol. The SMILES string of the molecule is O=C(CSc1nnc(NC[C@H]2CCCO2)s1)N1CCC[C@H]1c1ccc2c(c1)OCCCO2. The number of ether oxygens (including phenoxy) is 3.